The van der Waals surface area contributed by atoms with E-state index >= 15 is 0 Å². The van der Waals surface area contributed by atoms with E-state index in [1.165, 1.54) is 16.7 Å². The quantitative estimate of drug-likeness (QED) is 0.676. The van der Waals surface area contributed by atoms with Crippen LogP contribution >= 0.6 is 35.0 Å². The second-order valence-electron chi connectivity index (χ2n) is 5.49. The number of rotatable bonds is 7. The Morgan fingerprint density at radius 1 is 1.23 bits per heavy atom. The van der Waals surface area contributed by atoms with E-state index in [2.05, 4.69) is 10.3 Å². The molecule has 5 nitrogen and oxygen atoms in total. The summed E-state index contributed by atoms with van der Waals surface area (Å²) in [6.45, 7) is 2.34. The molecule has 2 amide bonds. The number of anilines is 1. The Kier molecular flexibility index (Phi) is 7.75. The Labute approximate surface area is 167 Å². The van der Waals surface area contributed by atoms with Gasteiger partial charge in [-0.3, -0.25) is 9.59 Å². The number of thioether (sulfide) groups is 1. The molecule has 8 heteroatoms. The van der Waals surface area contributed by atoms with Crippen LogP contribution in [0, 0.1) is 0 Å². The molecule has 0 bridgehead atoms. The third-order valence-electron chi connectivity index (χ3n) is 3.51. The summed E-state index contributed by atoms with van der Waals surface area (Å²) in [6, 6.07) is 8.19. The molecule has 0 aliphatic heterocycles. The molecule has 2 aromatic rings. The first-order valence-electron chi connectivity index (χ1n) is 7.98. The highest BCUT2D eigenvalue weighted by molar-refractivity contribution is 7.98. The fraction of sp³-hybridized carbons (Fsp3) is 0.278. The molecule has 1 aromatic carbocycles. The molecule has 138 valence electrons. The molecule has 0 saturated carbocycles. The summed E-state index contributed by atoms with van der Waals surface area (Å²) in [6.07, 6.45) is 4.22. The minimum absolute atomic E-state index is 0.0769. The van der Waals surface area contributed by atoms with E-state index in [9.17, 15) is 9.59 Å². The van der Waals surface area contributed by atoms with E-state index in [1.807, 2.05) is 13.2 Å². The molecule has 0 fully saturated rings. The Hall–Kier alpha value is -1.76. The number of hydrogen-bond donors (Lipinski definition) is 1. The average molecular weight is 412 g/mol. The topological polar surface area (TPSA) is 62.3 Å². The van der Waals surface area contributed by atoms with Crippen molar-refractivity contribution in [2.75, 3.05) is 24.7 Å². The molecule has 1 N–H and O–H groups in total. The lowest BCUT2D eigenvalue weighted by Gasteiger charge is -2.22. The molecule has 0 radical (unpaired) electrons. The SMILES string of the molecule is CCCN(CC(=O)Nc1cc(Cl)ccc1Cl)C(=O)c1ccnc(SC)c1. The normalized spacial score (nSPS) is 10.5. The molecule has 0 saturated heterocycles. The summed E-state index contributed by atoms with van der Waals surface area (Å²) in [7, 11) is 0. The van der Waals surface area contributed by atoms with Gasteiger partial charge >= 0.3 is 0 Å². The van der Waals surface area contributed by atoms with E-state index in [4.69, 9.17) is 23.2 Å². The molecule has 0 aliphatic rings. The van der Waals surface area contributed by atoms with Gasteiger partial charge < -0.3 is 10.2 Å². The summed E-state index contributed by atoms with van der Waals surface area (Å²) in [5.74, 6) is -0.549. The van der Waals surface area contributed by atoms with Crippen molar-refractivity contribution in [1.29, 1.82) is 0 Å². The van der Waals surface area contributed by atoms with Gasteiger partial charge in [-0.1, -0.05) is 30.1 Å². The van der Waals surface area contributed by atoms with Crippen LogP contribution in [0.2, 0.25) is 10.0 Å². The molecule has 26 heavy (non-hydrogen) atoms. The van der Waals surface area contributed by atoms with Gasteiger partial charge in [0.2, 0.25) is 5.91 Å². The van der Waals surface area contributed by atoms with Gasteiger partial charge in [-0.25, -0.2) is 4.98 Å². The van der Waals surface area contributed by atoms with Crippen molar-refractivity contribution in [1.82, 2.24) is 9.88 Å². The predicted molar refractivity (Wildman–Crippen MR) is 107 cm³/mol. The highest BCUT2D eigenvalue weighted by Crippen LogP contribution is 2.25. The van der Waals surface area contributed by atoms with E-state index in [0.29, 0.717) is 27.8 Å². The lowest BCUT2D eigenvalue weighted by atomic mass is 10.2. The second-order valence-corrected chi connectivity index (χ2v) is 7.16. The van der Waals surface area contributed by atoms with Crippen molar-refractivity contribution in [2.24, 2.45) is 0 Å². The lowest BCUT2D eigenvalue weighted by Crippen LogP contribution is -2.38. The Morgan fingerprint density at radius 2 is 2.00 bits per heavy atom. The van der Waals surface area contributed by atoms with E-state index < -0.39 is 0 Å². The number of hydrogen-bond acceptors (Lipinski definition) is 4. The fourth-order valence-corrected chi connectivity index (χ4v) is 3.06. The van der Waals surface area contributed by atoms with Gasteiger partial charge in [-0.2, -0.15) is 0 Å². The number of benzene rings is 1. The predicted octanol–water partition coefficient (Wildman–Crippen LogP) is 4.60. The van der Waals surface area contributed by atoms with Crippen molar-refractivity contribution in [3.8, 4) is 0 Å². The number of nitrogens with one attached hydrogen (secondary N) is 1. The van der Waals surface area contributed by atoms with Crippen molar-refractivity contribution < 1.29 is 9.59 Å². The molecule has 0 aliphatic carbocycles. The average Bonchev–Trinajstić information content (AvgIpc) is 2.63. The Balaban J connectivity index is 2.12. The first-order valence-corrected chi connectivity index (χ1v) is 9.97. The molecule has 0 spiro atoms. The first kappa shape index (κ1) is 20.6. The van der Waals surface area contributed by atoms with E-state index in [1.54, 1.807) is 36.5 Å². The summed E-state index contributed by atoms with van der Waals surface area (Å²) in [5, 5.41) is 4.30. The summed E-state index contributed by atoms with van der Waals surface area (Å²) >= 11 is 13.5. The van der Waals surface area contributed by atoms with Crippen LogP contribution in [0.15, 0.2) is 41.6 Å². The van der Waals surface area contributed by atoms with Crippen LogP contribution in [0.1, 0.15) is 23.7 Å². The van der Waals surface area contributed by atoms with Crippen molar-refractivity contribution in [2.45, 2.75) is 18.4 Å². The van der Waals surface area contributed by atoms with Crippen LogP contribution in [-0.2, 0) is 4.79 Å². The van der Waals surface area contributed by atoms with Gasteiger partial charge in [0.15, 0.2) is 0 Å². The van der Waals surface area contributed by atoms with E-state index in [0.717, 1.165) is 11.4 Å². The van der Waals surface area contributed by atoms with Crippen LogP contribution in [0.4, 0.5) is 5.69 Å². The maximum absolute atomic E-state index is 12.8. The van der Waals surface area contributed by atoms with Crippen LogP contribution in [0.5, 0.6) is 0 Å². The highest BCUT2D eigenvalue weighted by Gasteiger charge is 2.19. The zero-order valence-electron chi connectivity index (χ0n) is 14.5. The highest BCUT2D eigenvalue weighted by atomic mass is 35.5. The van der Waals surface area contributed by atoms with Crippen LogP contribution in [-0.4, -0.2) is 41.0 Å². The largest absolute Gasteiger partial charge is 0.329 e. The summed E-state index contributed by atoms with van der Waals surface area (Å²) in [5.41, 5.74) is 0.924. The third-order valence-corrected chi connectivity index (χ3v) is 4.71. The smallest absolute Gasteiger partial charge is 0.254 e. The monoisotopic (exact) mass is 411 g/mol. The van der Waals surface area contributed by atoms with Crippen molar-refractivity contribution in [3.05, 3.63) is 52.1 Å². The van der Waals surface area contributed by atoms with Gasteiger partial charge in [0, 0.05) is 23.3 Å². The lowest BCUT2D eigenvalue weighted by molar-refractivity contribution is -0.116. The second kappa shape index (κ2) is 9.80. The molecule has 0 atom stereocenters. The number of pyridine rings is 1. The standard InChI is InChI=1S/C18H19Cl2N3O2S/c1-3-8-23(18(25)12-6-7-21-17(9-12)26-2)11-16(24)22-15-10-13(19)4-5-14(15)20/h4-7,9-10H,3,8,11H2,1-2H3,(H,22,24). The number of halogens is 2. The molecule has 1 heterocycles. The van der Waals surface area contributed by atoms with Gasteiger partial charge in [0.05, 0.1) is 15.7 Å². The summed E-state index contributed by atoms with van der Waals surface area (Å²) < 4.78 is 0. The first-order chi connectivity index (χ1) is 12.4. The molecular weight excluding hydrogens is 393 g/mol. The molecule has 0 unspecified atom stereocenters. The molecular formula is C18H19Cl2N3O2S. The molecule has 1 aromatic heterocycles. The van der Waals surface area contributed by atoms with Crippen LogP contribution < -0.4 is 5.32 Å². The van der Waals surface area contributed by atoms with Gasteiger partial charge in [0.1, 0.15) is 6.54 Å². The third kappa shape index (κ3) is 5.62. The zero-order valence-corrected chi connectivity index (χ0v) is 16.8. The summed E-state index contributed by atoms with van der Waals surface area (Å²) in [4.78, 5) is 30.8. The van der Waals surface area contributed by atoms with Gasteiger partial charge in [0.25, 0.3) is 5.91 Å². The maximum Gasteiger partial charge on any atom is 0.254 e. The zero-order chi connectivity index (χ0) is 19.1. The minimum atomic E-state index is -0.338. The Morgan fingerprint density at radius 3 is 2.69 bits per heavy atom. The van der Waals surface area contributed by atoms with E-state index in [-0.39, 0.29) is 18.4 Å². The minimum Gasteiger partial charge on any atom is -0.329 e. The fourth-order valence-electron chi connectivity index (χ4n) is 2.32. The number of amides is 2. The number of carbonyl (C=O) groups excluding carboxylic acids is 2. The number of aromatic nitrogens is 1. The van der Waals surface area contributed by atoms with Gasteiger partial charge in [-0.15, -0.1) is 11.8 Å². The molecule has 2 rings (SSSR count). The Bertz CT molecular complexity index is 802. The number of carbonyl (C=O) groups is 2. The van der Waals surface area contributed by atoms with Crippen LogP contribution in [0.3, 0.4) is 0 Å². The van der Waals surface area contributed by atoms with Crippen molar-refractivity contribution >= 4 is 52.5 Å². The maximum atomic E-state index is 12.8. The van der Waals surface area contributed by atoms with Gasteiger partial charge in [-0.05, 0) is 43.0 Å². The van der Waals surface area contributed by atoms with Crippen molar-refractivity contribution in [3.63, 3.8) is 0 Å². The van der Waals surface area contributed by atoms with Crippen LogP contribution in [0.25, 0.3) is 0 Å². The number of nitrogens with zero attached hydrogens (tertiary/aromatic N) is 2.